The third-order valence-electron chi connectivity index (χ3n) is 1.47. The van der Waals surface area contributed by atoms with E-state index in [0.29, 0.717) is 10.8 Å². The molecule has 1 aromatic carbocycles. The Bertz CT molecular complexity index is 275. The molecule has 4 heteroatoms. The molecule has 0 aliphatic rings. The van der Waals surface area contributed by atoms with Gasteiger partial charge < -0.3 is 14.9 Å². The monoisotopic (exact) mass is 202 g/mol. The van der Waals surface area contributed by atoms with Gasteiger partial charge in [-0.1, -0.05) is 17.7 Å². The van der Waals surface area contributed by atoms with Crippen LogP contribution in [0.5, 0.6) is 5.75 Å². The van der Waals surface area contributed by atoms with E-state index in [2.05, 4.69) is 0 Å². The Hall–Kier alpha value is -0.770. The maximum atomic E-state index is 9.16. The first-order valence-corrected chi connectivity index (χ1v) is 4.26. The Labute approximate surface area is 81.5 Å². The molecule has 0 aliphatic carbocycles. The van der Waals surface area contributed by atoms with E-state index in [1.807, 2.05) is 0 Å². The number of hydrogen-bond donors (Lipinski definition) is 2. The Morgan fingerprint density at radius 3 is 2.62 bits per heavy atom. The molecule has 72 valence electrons. The smallest absolute Gasteiger partial charge is 0.223 e. The van der Waals surface area contributed by atoms with Gasteiger partial charge in [-0.25, -0.2) is 0 Å². The van der Waals surface area contributed by atoms with Gasteiger partial charge in [0.15, 0.2) is 0 Å². The first kappa shape index (κ1) is 10.3. The predicted octanol–water partition coefficient (Wildman–Crippen LogP) is 1.42. The predicted molar refractivity (Wildman–Crippen MR) is 49.8 cm³/mol. The summed E-state index contributed by atoms with van der Waals surface area (Å²) >= 11 is 5.68. The number of hydrogen-bond acceptors (Lipinski definition) is 3. The molecule has 1 unspecified atom stereocenters. The second-order valence-corrected chi connectivity index (χ2v) is 3.14. The molecule has 2 atom stereocenters. The van der Waals surface area contributed by atoms with Gasteiger partial charge in [-0.3, -0.25) is 0 Å². The minimum Gasteiger partial charge on any atom is -0.462 e. The van der Waals surface area contributed by atoms with Gasteiger partial charge in [-0.15, -0.1) is 0 Å². The maximum Gasteiger partial charge on any atom is 0.223 e. The molecule has 1 aromatic rings. The lowest BCUT2D eigenvalue weighted by molar-refractivity contribution is -0.0958. The highest BCUT2D eigenvalue weighted by Crippen LogP contribution is 2.18. The van der Waals surface area contributed by atoms with Crippen molar-refractivity contribution in [3.05, 3.63) is 29.3 Å². The molecule has 0 radical (unpaired) electrons. The van der Waals surface area contributed by atoms with Gasteiger partial charge in [0.25, 0.3) is 0 Å². The van der Waals surface area contributed by atoms with Crippen molar-refractivity contribution in [1.29, 1.82) is 0 Å². The SMILES string of the molecule is CC(O)[C@H](O)Oc1cccc(Cl)c1. The van der Waals surface area contributed by atoms with Crippen LogP contribution in [-0.2, 0) is 0 Å². The van der Waals surface area contributed by atoms with Crippen molar-refractivity contribution in [2.75, 3.05) is 0 Å². The zero-order valence-electron chi connectivity index (χ0n) is 7.14. The summed E-state index contributed by atoms with van der Waals surface area (Å²) in [7, 11) is 0. The molecular weight excluding hydrogens is 192 g/mol. The fraction of sp³-hybridized carbons (Fsp3) is 0.333. The van der Waals surface area contributed by atoms with Crippen molar-refractivity contribution < 1.29 is 14.9 Å². The van der Waals surface area contributed by atoms with Crippen LogP contribution in [0.25, 0.3) is 0 Å². The lowest BCUT2D eigenvalue weighted by Crippen LogP contribution is -2.28. The molecule has 0 saturated heterocycles. The van der Waals surface area contributed by atoms with Crippen LogP contribution in [0.15, 0.2) is 24.3 Å². The van der Waals surface area contributed by atoms with Crippen LogP contribution in [0.1, 0.15) is 6.92 Å². The highest BCUT2D eigenvalue weighted by molar-refractivity contribution is 6.30. The van der Waals surface area contributed by atoms with Crippen LogP contribution in [0.2, 0.25) is 5.02 Å². The molecule has 0 saturated carbocycles. The van der Waals surface area contributed by atoms with Crippen molar-refractivity contribution in [3.63, 3.8) is 0 Å². The molecular formula is C9H11ClO3. The Morgan fingerprint density at radius 2 is 2.08 bits per heavy atom. The zero-order valence-corrected chi connectivity index (χ0v) is 7.90. The van der Waals surface area contributed by atoms with Crippen molar-refractivity contribution in [2.45, 2.75) is 19.3 Å². The summed E-state index contributed by atoms with van der Waals surface area (Å²) in [5, 5.41) is 18.6. The van der Waals surface area contributed by atoms with E-state index >= 15 is 0 Å². The number of ether oxygens (including phenoxy) is 1. The molecule has 0 spiro atoms. The van der Waals surface area contributed by atoms with Gasteiger partial charge in [0, 0.05) is 5.02 Å². The quantitative estimate of drug-likeness (QED) is 0.729. The summed E-state index contributed by atoms with van der Waals surface area (Å²) in [4.78, 5) is 0. The normalized spacial score (nSPS) is 15.1. The highest BCUT2D eigenvalue weighted by Gasteiger charge is 2.11. The summed E-state index contributed by atoms with van der Waals surface area (Å²) in [5.41, 5.74) is 0. The van der Waals surface area contributed by atoms with Gasteiger partial charge in [-0.05, 0) is 25.1 Å². The molecule has 3 nitrogen and oxygen atoms in total. The lowest BCUT2D eigenvalue weighted by atomic mass is 10.3. The van der Waals surface area contributed by atoms with Gasteiger partial charge >= 0.3 is 0 Å². The fourth-order valence-corrected chi connectivity index (χ4v) is 0.958. The second kappa shape index (κ2) is 4.46. The summed E-state index contributed by atoms with van der Waals surface area (Å²) in [5.74, 6) is 0.431. The zero-order chi connectivity index (χ0) is 9.84. The van der Waals surface area contributed by atoms with Crippen molar-refractivity contribution in [2.24, 2.45) is 0 Å². The summed E-state index contributed by atoms with van der Waals surface area (Å²) in [6, 6.07) is 6.61. The molecule has 13 heavy (non-hydrogen) atoms. The number of rotatable bonds is 3. The van der Waals surface area contributed by atoms with E-state index in [0.717, 1.165) is 0 Å². The third-order valence-corrected chi connectivity index (χ3v) is 1.70. The summed E-state index contributed by atoms with van der Waals surface area (Å²) in [6.45, 7) is 1.44. The van der Waals surface area contributed by atoms with E-state index in [9.17, 15) is 0 Å². The van der Waals surface area contributed by atoms with Gasteiger partial charge in [0.05, 0.1) is 0 Å². The van der Waals surface area contributed by atoms with Crippen molar-refractivity contribution >= 4 is 11.6 Å². The van der Waals surface area contributed by atoms with Gasteiger partial charge in [0.1, 0.15) is 11.9 Å². The summed E-state index contributed by atoms with van der Waals surface area (Å²) in [6.07, 6.45) is -2.16. The maximum absolute atomic E-state index is 9.16. The molecule has 0 heterocycles. The highest BCUT2D eigenvalue weighted by atomic mass is 35.5. The molecule has 2 N–H and O–H groups in total. The molecule has 0 fully saturated rings. The number of aliphatic hydroxyl groups excluding tert-OH is 2. The molecule has 1 rings (SSSR count). The van der Waals surface area contributed by atoms with Gasteiger partial charge in [-0.2, -0.15) is 0 Å². The van der Waals surface area contributed by atoms with E-state index in [1.165, 1.54) is 6.92 Å². The molecule has 0 aliphatic heterocycles. The number of benzene rings is 1. The summed E-state index contributed by atoms with van der Waals surface area (Å²) < 4.78 is 4.98. The van der Waals surface area contributed by atoms with Crippen LogP contribution < -0.4 is 4.74 Å². The van der Waals surface area contributed by atoms with Crippen molar-refractivity contribution in [1.82, 2.24) is 0 Å². The van der Waals surface area contributed by atoms with Crippen LogP contribution in [0.3, 0.4) is 0 Å². The van der Waals surface area contributed by atoms with E-state index in [4.69, 9.17) is 26.6 Å². The first-order valence-electron chi connectivity index (χ1n) is 3.88. The van der Waals surface area contributed by atoms with Crippen molar-refractivity contribution in [3.8, 4) is 5.75 Å². The first-order chi connectivity index (χ1) is 6.09. The molecule has 0 aromatic heterocycles. The van der Waals surface area contributed by atoms with Crippen LogP contribution >= 0.6 is 11.6 Å². The molecule has 0 amide bonds. The van der Waals surface area contributed by atoms with E-state index in [1.54, 1.807) is 24.3 Å². The minimum absolute atomic E-state index is 0.431. The van der Waals surface area contributed by atoms with Crippen LogP contribution in [0.4, 0.5) is 0 Å². The number of halogens is 1. The minimum atomic E-state index is -1.22. The van der Waals surface area contributed by atoms with E-state index in [-0.39, 0.29) is 0 Å². The average molecular weight is 203 g/mol. The lowest BCUT2D eigenvalue weighted by Gasteiger charge is -2.15. The average Bonchev–Trinajstić information content (AvgIpc) is 2.04. The Balaban J connectivity index is 2.64. The van der Waals surface area contributed by atoms with Crippen LogP contribution in [0, 0.1) is 0 Å². The molecule has 0 bridgehead atoms. The fourth-order valence-electron chi connectivity index (χ4n) is 0.778. The number of aliphatic hydroxyl groups is 2. The Morgan fingerprint density at radius 1 is 1.38 bits per heavy atom. The topological polar surface area (TPSA) is 49.7 Å². The Kier molecular flexibility index (Phi) is 3.54. The second-order valence-electron chi connectivity index (χ2n) is 2.71. The van der Waals surface area contributed by atoms with E-state index < -0.39 is 12.4 Å². The standard InChI is InChI=1S/C9H11ClO3/c1-6(11)9(12)13-8-4-2-3-7(10)5-8/h2-6,9,11-12H,1H3/t6?,9-/m1/s1. The third kappa shape index (κ3) is 3.22. The van der Waals surface area contributed by atoms with Gasteiger partial charge in [0.2, 0.25) is 6.29 Å². The van der Waals surface area contributed by atoms with Crippen LogP contribution in [-0.4, -0.2) is 22.6 Å². The largest absolute Gasteiger partial charge is 0.462 e.